The van der Waals surface area contributed by atoms with Crippen LogP contribution in [0.4, 0.5) is 5.69 Å². The number of aliphatic hydroxyl groups excluding tert-OH is 1. The molecule has 1 aliphatic heterocycles. The standard InChI is InChI=1S/C16H24BrNO/c1-11(2)13-6-8-18(9-7-13)16-5-4-14(12(3)19)10-15(16)17/h4-5,10-13,19H,6-9H2,1-3H3/t12-/m0/s1. The summed E-state index contributed by atoms with van der Waals surface area (Å²) < 4.78 is 1.09. The molecule has 19 heavy (non-hydrogen) atoms. The molecular weight excluding hydrogens is 302 g/mol. The molecule has 106 valence electrons. The van der Waals surface area contributed by atoms with E-state index in [4.69, 9.17) is 0 Å². The van der Waals surface area contributed by atoms with Gasteiger partial charge in [-0.25, -0.2) is 0 Å². The van der Waals surface area contributed by atoms with Crippen molar-refractivity contribution in [2.45, 2.75) is 39.7 Å². The molecule has 1 aromatic rings. The van der Waals surface area contributed by atoms with Crippen LogP contribution in [-0.4, -0.2) is 18.2 Å². The summed E-state index contributed by atoms with van der Waals surface area (Å²) in [5.74, 6) is 1.66. The lowest BCUT2D eigenvalue weighted by molar-refractivity contribution is 0.199. The lowest BCUT2D eigenvalue weighted by atomic mass is 9.86. The smallest absolute Gasteiger partial charge is 0.0762 e. The number of hydrogen-bond donors (Lipinski definition) is 1. The fraction of sp³-hybridized carbons (Fsp3) is 0.625. The van der Waals surface area contributed by atoms with Gasteiger partial charge >= 0.3 is 0 Å². The van der Waals surface area contributed by atoms with Gasteiger partial charge in [0.1, 0.15) is 0 Å². The number of benzene rings is 1. The molecule has 1 saturated heterocycles. The molecule has 0 saturated carbocycles. The molecule has 2 rings (SSSR count). The van der Waals surface area contributed by atoms with E-state index in [-0.39, 0.29) is 0 Å². The number of hydrogen-bond acceptors (Lipinski definition) is 2. The number of piperidine rings is 1. The highest BCUT2D eigenvalue weighted by Gasteiger charge is 2.22. The third-order valence-electron chi connectivity index (χ3n) is 4.28. The molecule has 1 N–H and O–H groups in total. The van der Waals surface area contributed by atoms with Crippen molar-refractivity contribution < 1.29 is 5.11 Å². The minimum absolute atomic E-state index is 0.406. The summed E-state index contributed by atoms with van der Waals surface area (Å²) in [5, 5.41) is 9.61. The maximum absolute atomic E-state index is 9.61. The normalized spacial score (nSPS) is 18.9. The second-order valence-electron chi connectivity index (χ2n) is 5.96. The van der Waals surface area contributed by atoms with Crippen LogP contribution in [0.1, 0.15) is 45.3 Å². The first-order valence-corrected chi connectivity index (χ1v) is 8.00. The van der Waals surface area contributed by atoms with Crippen molar-refractivity contribution in [3.63, 3.8) is 0 Å². The zero-order valence-corrected chi connectivity index (χ0v) is 13.7. The van der Waals surface area contributed by atoms with E-state index in [1.165, 1.54) is 18.5 Å². The Kier molecular flexibility index (Phi) is 4.91. The molecule has 2 nitrogen and oxygen atoms in total. The first-order chi connectivity index (χ1) is 8.99. The van der Waals surface area contributed by atoms with Crippen LogP contribution in [0.5, 0.6) is 0 Å². The summed E-state index contributed by atoms with van der Waals surface area (Å²) >= 11 is 3.64. The molecule has 1 fully saturated rings. The molecule has 1 heterocycles. The first kappa shape index (κ1) is 14.9. The van der Waals surface area contributed by atoms with Crippen LogP contribution in [-0.2, 0) is 0 Å². The molecule has 0 aliphatic carbocycles. The number of halogens is 1. The average Bonchev–Trinajstić information content (AvgIpc) is 2.38. The van der Waals surface area contributed by atoms with E-state index in [1.54, 1.807) is 6.92 Å². The van der Waals surface area contributed by atoms with E-state index in [1.807, 2.05) is 12.1 Å². The van der Waals surface area contributed by atoms with E-state index >= 15 is 0 Å². The largest absolute Gasteiger partial charge is 0.389 e. The fourth-order valence-corrected chi connectivity index (χ4v) is 3.49. The van der Waals surface area contributed by atoms with Gasteiger partial charge in [0, 0.05) is 17.6 Å². The highest BCUT2D eigenvalue weighted by Crippen LogP contribution is 2.33. The Balaban J connectivity index is 2.07. The van der Waals surface area contributed by atoms with Crippen LogP contribution in [0, 0.1) is 11.8 Å². The van der Waals surface area contributed by atoms with Crippen molar-refractivity contribution >= 4 is 21.6 Å². The quantitative estimate of drug-likeness (QED) is 0.891. The molecule has 0 radical (unpaired) electrons. The number of rotatable bonds is 3. The van der Waals surface area contributed by atoms with Crippen molar-refractivity contribution in [2.75, 3.05) is 18.0 Å². The molecular formula is C16H24BrNO. The topological polar surface area (TPSA) is 23.5 Å². The predicted octanol–water partition coefficient (Wildman–Crippen LogP) is 4.37. The molecule has 1 atom stereocenters. The van der Waals surface area contributed by atoms with Crippen LogP contribution in [0.15, 0.2) is 22.7 Å². The highest BCUT2D eigenvalue weighted by molar-refractivity contribution is 9.10. The third-order valence-corrected chi connectivity index (χ3v) is 4.91. The first-order valence-electron chi connectivity index (χ1n) is 7.21. The van der Waals surface area contributed by atoms with Gasteiger partial charge in [-0.1, -0.05) is 19.9 Å². The van der Waals surface area contributed by atoms with Gasteiger partial charge in [0.15, 0.2) is 0 Å². The van der Waals surface area contributed by atoms with Crippen LogP contribution in [0.3, 0.4) is 0 Å². The second kappa shape index (κ2) is 6.27. The van der Waals surface area contributed by atoms with E-state index in [0.717, 1.165) is 35.0 Å². The van der Waals surface area contributed by atoms with Gasteiger partial charge < -0.3 is 10.0 Å². The summed E-state index contributed by atoms with van der Waals surface area (Å²) in [6.07, 6.45) is 2.15. The van der Waals surface area contributed by atoms with Crippen LogP contribution >= 0.6 is 15.9 Å². The van der Waals surface area contributed by atoms with Gasteiger partial charge in [-0.2, -0.15) is 0 Å². The summed E-state index contributed by atoms with van der Waals surface area (Å²) in [7, 11) is 0. The maximum atomic E-state index is 9.61. The van der Waals surface area contributed by atoms with Gasteiger partial charge in [0.2, 0.25) is 0 Å². The van der Waals surface area contributed by atoms with Crippen molar-refractivity contribution in [3.05, 3.63) is 28.2 Å². The third kappa shape index (κ3) is 3.51. The van der Waals surface area contributed by atoms with Gasteiger partial charge in [-0.3, -0.25) is 0 Å². The maximum Gasteiger partial charge on any atom is 0.0762 e. The minimum Gasteiger partial charge on any atom is -0.389 e. The summed E-state index contributed by atoms with van der Waals surface area (Å²) in [6, 6.07) is 6.19. The summed E-state index contributed by atoms with van der Waals surface area (Å²) in [4.78, 5) is 2.45. The zero-order valence-electron chi connectivity index (χ0n) is 12.1. The molecule has 1 aromatic carbocycles. The van der Waals surface area contributed by atoms with Crippen LogP contribution < -0.4 is 4.90 Å². The summed E-state index contributed by atoms with van der Waals surface area (Å²) in [5.41, 5.74) is 2.22. The molecule has 1 aliphatic rings. The van der Waals surface area contributed by atoms with Crippen molar-refractivity contribution in [2.24, 2.45) is 11.8 Å². The van der Waals surface area contributed by atoms with E-state index < -0.39 is 6.10 Å². The molecule has 0 unspecified atom stereocenters. The number of aliphatic hydroxyl groups is 1. The van der Waals surface area contributed by atoms with Crippen molar-refractivity contribution in [1.29, 1.82) is 0 Å². The highest BCUT2D eigenvalue weighted by atomic mass is 79.9. The predicted molar refractivity (Wildman–Crippen MR) is 84.6 cm³/mol. The van der Waals surface area contributed by atoms with E-state index in [2.05, 4.69) is 40.7 Å². The van der Waals surface area contributed by atoms with Crippen molar-refractivity contribution in [3.8, 4) is 0 Å². The Morgan fingerprint density at radius 3 is 2.32 bits per heavy atom. The monoisotopic (exact) mass is 325 g/mol. The molecule has 3 heteroatoms. The number of anilines is 1. The fourth-order valence-electron chi connectivity index (χ4n) is 2.85. The Morgan fingerprint density at radius 2 is 1.84 bits per heavy atom. The second-order valence-corrected chi connectivity index (χ2v) is 6.81. The Bertz CT molecular complexity index is 423. The van der Waals surface area contributed by atoms with E-state index in [0.29, 0.717) is 0 Å². The molecule has 0 amide bonds. The Labute approximate surface area is 124 Å². The van der Waals surface area contributed by atoms with Crippen LogP contribution in [0.25, 0.3) is 0 Å². The molecule has 0 aromatic heterocycles. The van der Waals surface area contributed by atoms with Crippen molar-refractivity contribution in [1.82, 2.24) is 0 Å². The minimum atomic E-state index is -0.406. The van der Waals surface area contributed by atoms with E-state index in [9.17, 15) is 5.11 Å². The molecule has 0 bridgehead atoms. The SMILES string of the molecule is CC(C)C1CCN(c2ccc([C@H](C)O)cc2Br)CC1. The lowest BCUT2D eigenvalue weighted by Gasteiger charge is -2.36. The summed E-state index contributed by atoms with van der Waals surface area (Å²) in [6.45, 7) is 8.72. The number of nitrogens with zero attached hydrogens (tertiary/aromatic N) is 1. The van der Waals surface area contributed by atoms with Gasteiger partial charge in [-0.05, 0) is 65.2 Å². The van der Waals surface area contributed by atoms with Crippen LogP contribution in [0.2, 0.25) is 0 Å². The average molecular weight is 326 g/mol. The lowest BCUT2D eigenvalue weighted by Crippen LogP contribution is -2.35. The van der Waals surface area contributed by atoms with Gasteiger partial charge in [0.05, 0.1) is 11.8 Å². The molecule has 0 spiro atoms. The Morgan fingerprint density at radius 1 is 1.21 bits per heavy atom. The van der Waals surface area contributed by atoms with Gasteiger partial charge in [0.25, 0.3) is 0 Å². The zero-order chi connectivity index (χ0) is 14.0. The van der Waals surface area contributed by atoms with Gasteiger partial charge in [-0.15, -0.1) is 0 Å². The Hall–Kier alpha value is -0.540.